The standard InChI is InChI=1S/C20H18FN5O/c1-12-6-3-9-16-18(12)27-11-5-10-25(16)19-17-14(21)7-4-8-15(17)26-13(2)23-24-20(26)22-19/h3-4,6-9H,5,10-11H2,1-2H3. The van der Waals surface area contributed by atoms with Crippen molar-refractivity contribution in [2.45, 2.75) is 20.3 Å². The summed E-state index contributed by atoms with van der Waals surface area (Å²) >= 11 is 0. The lowest BCUT2D eigenvalue weighted by Crippen LogP contribution is -2.20. The number of anilines is 2. The quantitative estimate of drug-likeness (QED) is 0.512. The lowest BCUT2D eigenvalue weighted by atomic mass is 10.1. The fourth-order valence-corrected chi connectivity index (χ4v) is 3.75. The summed E-state index contributed by atoms with van der Waals surface area (Å²) in [6.45, 7) is 5.14. The Morgan fingerprint density at radius 2 is 1.93 bits per heavy atom. The number of aromatic nitrogens is 4. The van der Waals surface area contributed by atoms with Crippen molar-refractivity contribution in [3.63, 3.8) is 0 Å². The molecule has 136 valence electrons. The highest BCUT2D eigenvalue weighted by Gasteiger charge is 2.25. The minimum absolute atomic E-state index is 0.315. The molecule has 0 fully saturated rings. The number of hydrogen-bond donors (Lipinski definition) is 0. The summed E-state index contributed by atoms with van der Waals surface area (Å²) in [5, 5.41) is 8.76. The van der Waals surface area contributed by atoms with Crippen LogP contribution in [-0.4, -0.2) is 32.7 Å². The average molecular weight is 363 g/mol. The molecule has 2 aromatic heterocycles. The van der Waals surface area contributed by atoms with Crippen molar-refractivity contribution in [1.82, 2.24) is 19.6 Å². The Morgan fingerprint density at radius 1 is 1.07 bits per heavy atom. The summed E-state index contributed by atoms with van der Waals surface area (Å²) in [4.78, 5) is 6.73. The molecule has 5 rings (SSSR count). The molecule has 4 aromatic rings. The van der Waals surface area contributed by atoms with Gasteiger partial charge < -0.3 is 9.64 Å². The molecule has 0 saturated carbocycles. The molecule has 0 unspecified atom stereocenters. The smallest absolute Gasteiger partial charge is 0.257 e. The largest absolute Gasteiger partial charge is 0.491 e. The maximum atomic E-state index is 15.0. The molecule has 0 saturated heterocycles. The van der Waals surface area contributed by atoms with Crippen LogP contribution in [0.2, 0.25) is 0 Å². The van der Waals surface area contributed by atoms with Gasteiger partial charge in [-0.3, -0.25) is 4.40 Å². The van der Waals surface area contributed by atoms with Gasteiger partial charge >= 0.3 is 0 Å². The van der Waals surface area contributed by atoms with Crippen LogP contribution < -0.4 is 9.64 Å². The first-order valence-electron chi connectivity index (χ1n) is 8.95. The van der Waals surface area contributed by atoms with Crippen LogP contribution in [0, 0.1) is 19.7 Å². The Bertz CT molecular complexity index is 1190. The Morgan fingerprint density at radius 3 is 2.81 bits per heavy atom. The molecule has 1 aliphatic heterocycles. The van der Waals surface area contributed by atoms with Crippen LogP contribution in [0.5, 0.6) is 5.75 Å². The number of nitrogens with zero attached hydrogens (tertiary/aromatic N) is 5. The van der Waals surface area contributed by atoms with Crippen molar-refractivity contribution in [2.24, 2.45) is 0 Å². The first-order valence-corrected chi connectivity index (χ1v) is 8.95. The van der Waals surface area contributed by atoms with Crippen LogP contribution in [0.3, 0.4) is 0 Å². The molecule has 0 aliphatic carbocycles. The van der Waals surface area contributed by atoms with Gasteiger partial charge in [-0.25, -0.2) is 4.39 Å². The predicted octanol–water partition coefficient (Wildman–Crippen LogP) is 3.95. The van der Waals surface area contributed by atoms with Gasteiger partial charge in [0.25, 0.3) is 5.78 Å². The van der Waals surface area contributed by atoms with Gasteiger partial charge in [0.05, 0.1) is 23.2 Å². The number of hydrogen-bond acceptors (Lipinski definition) is 5. The van der Waals surface area contributed by atoms with Gasteiger partial charge in [-0.15, -0.1) is 10.2 Å². The molecule has 0 N–H and O–H groups in total. The third-order valence-electron chi connectivity index (χ3n) is 4.98. The zero-order chi connectivity index (χ0) is 18.5. The van der Waals surface area contributed by atoms with Crippen molar-refractivity contribution in [3.05, 3.63) is 53.6 Å². The molecule has 3 heterocycles. The normalized spacial score (nSPS) is 14.3. The van der Waals surface area contributed by atoms with Crippen molar-refractivity contribution in [3.8, 4) is 5.75 Å². The lowest BCUT2D eigenvalue weighted by Gasteiger charge is -2.25. The van der Waals surface area contributed by atoms with Gasteiger partial charge in [-0.2, -0.15) is 4.98 Å². The number of ether oxygens (including phenoxy) is 1. The van der Waals surface area contributed by atoms with E-state index in [1.807, 2.05) is 43.0 Å². The van der Waals surface area contributed by atoms with E-state index in [1.54, 1.807) is 10.5 Å². The van der Waals surface area contributed by atoms with Crippen LogP contribution in [0.25, 0.3) is 16.7 Å². The lowest BCUT2D eigenvalue weighted by molar-refractivity contribution is 0.320. The van der Waals surface area contributed by atoms with Crippen LogP contribution in [-0.2, 0) is 0 Å². The first kappa shape index (κ1) is 16.0. The van der Waals surface area contributed by atoms with Crippen LogP contribution >= 0.6 is 0 Å². The van der Waals surface area contributed by atoms with Crippen LogP contribution in [0.15, 0.2) is 36.4 Å². The van der Waals surface area contributed by atoms with Crippen molar-refractivity contribution in [1.29, 1.82) is 0 Å². The highest BCUT2D eigenvalue weighted by Crippen LogP contribution is 2.40. The highest BCUT2D eigenvalue weighted by molar-refractivity contribution is 5.94. The van der Waals surface area contributed by atoms with E-state index in [0.29, 0.717) is 41.5 Å². The molecule has 0 amide bonds. The van der Waals surface area contributed by atoms with E-state index in [-0.39, 0.29) is 5.82 Å². The van der Waals surface area contributed by atoms with Crippen LogP contribution in [0.4, 0.5) is 15.9 Å². The monoisotopic (exact) mass is 363 g/mol. The fourth-order valence-electron chi connectivity index (χ4n) is 3.75. The molecule has 27 heavy (non-hydrogen) atoms. The highest BCUT2D eigenvalue weighted by atomic mass is 19.1. The Balaban J connectivity index is 1.87. The van der Waals surface area contributed by atoms with E-state index >= 15 is 0 Å². The molecule has 2 aromatic carbocycles. The van der Waals surface area contributed by atoms with Crippen molar-refractivity contribution < 1.29 is 9.13 Å². The third kappa shape index (κ3) is 2.34. The molecule has 1 aliphatic rings. The first-order chi connectivity index (χ1) is 13.1. The summed E-state index contributed by atoms with van der Waals surface area (Å²) in [5.41, 5.74) is 2.64. The van der Waals surface area contributed by atoms with E-state index in [4.69, 9.17) is 9.72 Å². The molecule has 0 radical (unpaired) electrons. The molecular formula is C20H18FN5O. The van der Waals surface area contributed by atoms with Crippen LogP contribution in [0.1, 0.15) is 17.8 Å². The van der Waals surface area contributed by atoms with Crippen molar-refractivity contribution >= 4 is 28.2 Å². The molecule has 0 bridgehead atoms. The summed E-state index contributed by atoms with van der Waals surface area (Å²) < 4.78 is 22.7. The number of para-hydroxylation sites is 1. The van der Waals surface area contributed by atoms with E-state index in [1.165, 1.54) is 6.07 Å². The Hall–Kier alpha value is -3.22. The second-order valence-electron chi connectivity index (χ2n) is 6.73. The summed E-state index contributed by atoms with van der Waals surface area (Å²) in [7, 11) is 0. The van der Waals surface area contributed by atoms with Crippen molar-refractivity contribution in [2.75, 3.05) is 18.1 Å². The number of rotatable bonds is 1. The van der Waals surface area contributed by atoms with Gasteiger partial charge in [-0.05, 0) is 44.0 Å². The SMILES string of the molecule is Cc1cccc2c1OCCCN2c1nc2nnc(C)n2c2cccc(F)c12. The zero-order valence-electron chi connectivity index (χ0n) is 15.1. The Labute approximate surface area is 155 Å². The number of aryl methyl sites for hydroxylation is 2. The predicted molar refractivity (Wildman–Crippen MR) is 101 cm³/mol. The number of fused-ring (bicyclic) bond motifs is 4. The second-order valence-corrected chi connectivity index (χ2v) is 6.73. The molecule has 0 atom stereocenters. The average Bonchev–Trinajstić information content (AvgIpc) is 2.90. The minimum atomic E-state index is -0.315. The van der Waals surface area contributed by atoms with Gasteiger partial charge in [0.15, 0.2) is 0 Å². The maximum absolute atomic E-state index is 15.0. The van der Waals surface area contributed by atoms with E-state index in [0.717, 1.165) is 23.4 Å². The van der Waals surface area contributed by atoms with Gasteiger partial charge in [0.2, 0.25) is 0 Å². The molecule has 0 spiro atoms. The molecule has 6 nitrogen and oxygen atoms in total. The molecular weight excluding hydrogens is 345 g/mol. The summed E-state index contributed by atoms with van der Waals surface area (Å²) in [6.07, 6.45) is 0.808. The Kier molecular flexibility index (Phi) is 3.50. The minimum Gasteiger partial charge on any atom is -0.491 e. The van der Waals surface area contributed by atoms with Gasteiger partial charge in [0.1, 0.15) is 23.2 Å². The number of benzene rings is 2. The third-order valence-corrected chi connectivity index (χ3v) is 4.98. The summed E-state index contributed by atoms with van der Waals surface area (Å²) in [5.74, 6) is 2.18. The molecule has 7 heteroatoms. The fraction of sp³-hybridized carbons (Fsp3) is 0.250. The maximum Gasteiger partial charge on any atom is 0.257 e. The number of halogens is 1. The topological polar surface area (TPSA) is 55.5 Å². The van der Waals surface area contributed by atoms with Gasteiger partial charge in [-0.1, -0.05) is 18.2 Å². The van der Waals surface area contributed by atoms with E-state index < -0.39 is 0 Å². The van der Waals surface area contributed by atoms with E-state index in [9.17, 15) is 4.39 Å². The second kappa shape index (κ2) is 5.90. The zero-order valence-corrected chi connectivity index (χ0v) is 15.1. The van der Waals surface area contributed by atoms with E-state index in [2.05, 4.69) is 10.2 Å². The summed E-state index contributed by atoms with van der Waals surface area (Å²) in [6, 6.07) is 11.0. The van der Waals surface area contributed by atoms with Gasteiger partial charge in [0, 0.05) is 6.54 Å².